The summed E-state index contributed by atoms with van der Waals surface area (Å²) in [5, 5.41) is 7.17. The third-order valence-electron chi connectivity index (χ3n) is 1.54. The molecule has 0 unspecified atom stereocenters. The maximum absolute atomic E-state index is 8.48. The van der Waals surface area contributed by atoms with E-state index in [0.29, 0.717) is 11.3 Å². The molecule has 1 rings (SSSR count). The molecule has 0 radical (unpaired) electrons. The molecule has 0 saturated heterocycles. The van der Waals surface area contributed by atoms with Crippen LogP contribution < -0.4 is 5.73 Å². The van der Waals surface area contributed by atoms with Crippen molar-refractivity contribution in [3.63, 3.8) is 0 Å². The molecule has 0 fully saturated rings. The van der Waals surface area contributed by atoms with Crippen molar-refractivity contribution in [2.24, 2.45) is 5.73 Å². The van der Waals surface area contributed by atoms with Crippen molar-refractivity contribution in [2.45, 2.75) is 6.92 Å². The van der Waals surface area contributed by atoms with Crippen LogP contribution in [0.3, 0.4) is 0 Å². The van der Waals surface area contributed by atoms with Gasteiger partial charge < -0.3 is 11.5 Å². The van der Waals surface area contributed by atoms with Crippen LogP contribution >= 0.6 is 0 Å². The molecule has 6 heteroatoms. The second kappa shape index (κ2) is 6.23. The molecule has 0 aliphatic heterocycles. The SMILES string of the molecule is Cc1cccc([NH-])c1C(=N)N.[O]=[Tc+]=[O]. The number of nitrogen functional groups attached to an aromatic ring is 1. The number of rotatable bonds is 1. The zero-order chi connectivity index (χ0) is 11.1. The Morgan fingerprint density at radius 2 is 2.00 bits per heavy atom. The topological polar surface area (TPSA) is 108 Å². The quantitative estimate of drug-likeness (QED) is 0.603. The molecule has 5 nitrogen and oxygen atoms in total. The Hall–Kier alpha value is -1.26. The summed E-state index contributed by atoms with van der Waals surface area (Å²) in [6, 6.07) is 5.25. The van der Waals surface area contributed by atoms with Crippen LogP contribution in [0.5, 0.6) is 0 Å². The number of nitrogens with one attached hydrogen (secondary N) is 2. The minimum atomic E-state index is -1.91. The summed E-state index contributed by atoms with van der Waals surface area (Å²) in [7, 11) is 0. The fourth-order valence-electron chi connectivity index (χ4n) is 1.03. The Morgan fingerprint density at radius 1 is 1.50 bits per heavy atom. The molecule has 0 amide bonds. The van der Waals surface area contributed by atoms with E-state index in [2.05, 4.69) is 0 Å². The third-order valence-corrected chi connectivity index (χ3v) is 1.54. The number of nitrogens with two attached hydrogens (primary N) is 1. The molecule has 0 spiro atoms. The van der Waals surface area contributed by atoms with Gasteiger partial charge in [0.05, 0.1) is 0 Å². The maximum atomic E-state index is 8.48. The summed E-state index contributed by atoms with van der Waals surface area (Å²) in [4.78, 5) is 0. The molecule has 0 aliphatic carbocycles. The monoisotopic (exact) mass is 277 g/mol. The van der Waals surface area contributed by atoms with E-state index in [1.54, 1.807) is 12.1 Å². The molecule has 0 aromatic heterocycles. The van der Waals surface area contributed by atoms with Gasteiger partial charge in [0.1, 0.15) is 5.84 Å². The van der Waals surface area contributed by atoms with E-state index in [4.69, 9.17) is 23.9 Å². The molecule has 76 valence electrons. The average molecular weight is 278 g/mol. The van der Waals surface area contributed by atoms with E-state index in [9.17, 15) is 0 Å². The van der Waals surface area contributed by atoms with Crippen molar-refractivity contribution in [2.75, 3.05) is 0 Å². The van der Waals surface area contributed by atoms with Crippen molar-refractivity contribution < 1.29 is 24.6 Å². The molecule has 0 bridgehead atoms. The molecule has 14 heavy (non-hydrogen) atoms. The van der Waals surface area contributed by atoms with Gasteiger partial charge in [0, 0.05) is 5.56 Å². The molecule has 1 aromatic rings. The van der Waals surface area contributed by atoms with E-state index in [1.165, 1.54) is 0 Å². The first-order chi connectivity index (χ1) is 6.54. The number of aryl methyl sites for hydroxylation is 1. The Balaban J connectivity index is 0.000000500. The zero-order valence-corrected chi connectivity index (χ0v) is 9.36. The summed E-state index contributed by atoms with van der Waals surface area (Å²) >= 11 is -1.91. The summed E-state index contributed by atoms with van der Waals surface area (Å²) in [5.74, 6) is -0.0342. The van der Waals surface area contributed by atoms with Gasteiger partial charge in [-0.3, -0.25) is 5.41 Å². The molecular weight excluding hydrogens is 268 g/mol. The van der Waals surface area contributed by atoms with E-state index in [-0.39, 0.29) is 5.84 Å². The summed E-state index contributed by atoms with van der Waals surface area (Å²) < 4.78 is 17.0. The van der Waals surface area contributed by atoms with E-state index in [1.807, 2.05) is 13.0 Å². The molecular formula is C8H10N3O2Tc. The second-order valence-corrected chi connectivity index (χ2v) is 2.78. The standard InChI is InChI=1S/C8H10N3.2O.Tc/c1-5-3-2-4-6(9)7(5)8(10)11;;;/h2-4,9H,1H3,(H3,10,11);;;/q-1;;;+1. The van der Waals surface area contributed by atoms with Crippen LogP contribution in [0, 0.1) is 12.3 Å². The van der Waals surface area contributed by atoms with Gasteiger partial charge in [0.15, 0.2) is 0 Å². The van der Waals surface area contributed by atoms with Crippen LogP contribution in [0.15, 0.2) is 18.2 Å². The summed E-state index contributed by atoms with van der Waals surface area (Å²) in [6.07, 6.45) is 0. The fourth-order valence-corrected chi connectivity index (χ4v) is 1.03. The van der Waals surface area contributed by atoms with Crippen molar-refractivity contribution in [1.82, 2.24) is 0 Å². The van der Waals surface area contributed by atoms with Crippen LogP contribution in [-0.2, 0) is 24.6 Å². The van der Waals surface area contributed by atoms with Crippen LogP contribution in [0.25, 0.3) is 5.73 Å². The fraction of sp³-hybridized carbons (Fsp3) is 0.125. The summed E-state index contributed by atoms with van der Waals surface area (Å²) in [5.41, 5.74) is 14.4. The number of hydrogen-bond acceptors (Lipinski definition) is 3. The van der Waals surface area contributed by atoms with Crippen molar-refractivity contribution in [3.05, 3.63) is 35.1 Å². The van der Waals surface area contributed by atoms with E-state index < -0.39 is 17.6 Å². The molecule has 0 heterocycles. The number of amidine groups is 1. The number of hydrogen-bond donors (Lipinski definition) is 2. The van der Waals surface area contributed by atoms with Gasteiger partial charge >= 0.3 is 24.6 Å². The van der Waals surface area contributed by atoms with Crippen LogP contribution in [0.2, 0.25) is 0 Å². The summed E-state index contributed by atoms with van der Waals surface area (Å²) in [6.45, 7) is 1.84. The van der Waals surface area contributed by atoms with E-state index in [0.717, 1.165) is 5.56 Å². The van der Waals surface area contributed by atoms with E-state index >= 15 is 0 Å². The van der Waals surface area contributed by atoms with Gasteiger partial charge in [0.25, 0.3) is 0 Å². The molecule has 1 aromatic carbocycles. The molecule has 4 N–H and O–H groups in total. The Morgan fingerprint density at radius 3 is 2.29 bits per heavy atom. The van der Waals surface area contributed by atoms with Crippen LogP contribution in [0.4, 0.5) is 5.69 Å². The van der Waals surface area contributed by atoms with Crippen molar-refractivity contribution in [1.29, 1.82) is 5.41 Å². The van der Waals surface area contributed by atoms with Gasteiger partial charge in [-0.2, -0.15) is 0 Å². The molecule has 0 aliphatic rings. The predicted molar refractivity (Wildman–Crippen MR) is 47.5 cm³/mol. The first-order valence-corrected chi connectivity index (χ1v) is 5.11. The normalized spacial score (nSPS) is 8.36. The molecule has 0 saturated carbocycles. The van der Waals surface area contributed by atoms with Gasteiger partial charge in [-0.15, -0.1) is 5.69 Å². The third kappa shape index (κ3) is 3.64. The first kappa shape index (κ1) is 12.7. The van der Waals surface area contributed by atoms with Gasteiger partial charge in [-0.25, -0.2) is 0 Å². The predicted octanol–water partition coefficient (Wildman–Crippen LogP) is 1.72. The Bertz CT molecular complexity index is 353. The van der Waals surface area contributed by atoms with Crippen molar-refractivity contribution in [3.8, 4) is 0 Å². The zero-order valence-electron chi connectivity index (χ0n) is 7.50. The first-order valence-electron chi connectivity index (χ1n) is 3.59. The van der Waals surface area contributed by atoms with Crippen molar-refractivity contribution >= 4 is 11.5 Å². The van der Waals surface area contributed by atoms with Gasteiger partial charge in [0.2, 0.25) is 0 Å². The molecule has 0 atom stereocenters. The Kier molecular flexibility index (Phi) is 5.67. The Labute approximate surface area is 89.5 Å². The number of benzene rings is 1. The van der Waals surface area contributed by atoms with Crippen LogP contribution in [-0.4, -0.2) is 5.84 Å². The van der Waals surface area contributed by atoms with Gasteiger partial charge in [-0.1, -0.05) is 18.2 Å². The van der Waals surface area contributed by atoms with Crippen LogP contribution in [0.1, 0.15) is 11.1 Å². The van der Waals surface area contributed by atoms with Gasteiger partial charge in [-0.05, 0) is 12.5 Å². The average Bonchev–Trinajstić information content (AvgIpc) is 2.04. The second-order valence-electron chi connectivity index (χ2n) is 2.47. The minimum absolute atomic E-state index is 0.0342.